The van der Waals surface area contributed by atoms with Crippen LogP contribution < -0.4 is 0 Å². The predicted octanol–water partition coefficient (Wildman–Crippen LogP) is 4.22. The van der Waals surface area contributed by atoms with Crippen LogP contribution in [0.1, 0.15) is 18.1 Å². The van der Waals surface area contributed by atoms with Gasteiger partial charge in [-0.05, 0) is 30.0 Å². The van der Waals surface area contributed by atoms with Gasteiger partial charge in [-0.1, -0.05) is 61.0 Å². The van der Waals surface area contributed by atoms with Crippen LogP contribution in [-0.4, -0.2) is 0 Å². The van der Waals surface area contributed by atoms with Gasteiger partial charge in [-0.15, -0.1) is 0 Å². The number of hydrogen-bond donors (Lipinski definition) is 0. The molecule has 15 heavy (non-hydrogen) atoms. The van der Waals surface area contributed by atoms with Gasteiger partial charge >= 0.3 is 0 Å². The zero-order valence-electron chi connectivity index (χ0n) is 9.33. The van der Waals surface area contributed by atoms with Crippen LogP contribution in [0, 0.1) is 6.92 Å². The standard InChI is InChI=1S/C15H16/c1-3-13-6-4-5-7-15(13)14-10-8-12(2)9-11-14/h4-11H,3H2,1-2H3. The van der Waals surface area contributed by atoms with Crippen LogP contribution in [0.2, 0.25) is 0 Å². The molecule has 0 heteroatoms. The van der Waals surface area contributed by atoms with Gasteiger partial charge in [-0.2, -0.15) is 0 Å². The van der Waals surface area contributed by atoms with Crippen molar-refractivity contribution in [1.82, 2.24) is 0 Å². The lowest BCUT2D eigenvalue weighted by Gasteiger charge is -2.07. The summed E-state index contributed by atoms with van der Waals surface area (Å²) in [5.74, 6) is 0. The smallest absolute Gasteiger partial charge is 0.0152 e. The van der Waals surface area contributed by atoms with Crippen molar-refractivity contribution in [3.05, 3.63) is 59.7 Å². The van der Waals surface area contributed by atoms with Gasteiger partial charge in [-0.25, -0.2) is 0 Å². The second-order valence-electron chi connectivity index (χ2n) is 3.88. The van der Waals surface area contributed by atoms with Gasteiger partial charge in [0.05, 0.1) is 0 Å². The maximum atomic E-state index is 2.20. The molecule has 0 saturated heterocycles. The molecule has 0 fully saturated rings. The minimum atomic E-state index is 1.09. The molecule has 0 N–H and O–H groups in total. The van der Waals surface area contributed by atoms with Crippen LogP contribution in [0.15, 0.2) is 48.5 Å². The van der Waals surface area contributed by atoms with E-state index in [4.69, 9.17) is 0 Å². The van der Waals surface area contributed by atoms with E-state index in [9.17, 15) is 0 Å². The third-order valence-electron chi connectivity index (χ3n) is 2.76. The van der Waals surface area contributed by atoms with Crippen molar-refractivity contribution in [1.29, 1.82) is 0 Å². The van der Waals surface area contributed by atoms with Crippen LogP contribution in [0.5, 0.6) is 0 Å². The number of aryl methyl sites for hydroxylation is 2. The number of hydrogen-bond acceptors (Lipinski definition) is 0. The van der Waals surface area contributed by atoms with Crippen molar-refractivity contribution in [3.8, 4) is 11.1 Å². The van der Waals surface area contributed by atoms with E-state index in [0.29, 0.717) is 0 Å². The Morgan fingerprint density at radius 2 is 1.53 bits per heavy atom. The Hall–Kier alpha value is -1.56. The van der Waals surface area contributed by atoms with E-state index in [-0.39, 0.29) is 0 Å². The Kier molecular flexibility index (Phi) is 2.86. The molecule has 0 aliphatic heterocycles. The molecule has 76 valence electrons. The quantitative estimate of drug-likeness (QED) is 0.674. The summed E-state index contributed by atoms with van der Waals surface area (Å²) in [6.07, 6.45) is 1.09. The average Bonchev–Trinajstić information content (AvgIpc) is 2.30. The lowest BCUT2D eigenvalue weighted by molar-refractivity contribution is 1.14. The van der Waals surface area contributed by atoms with Gasteiger partial charge in [0.2, 0.25) is 0 Å². The highest BCUT2D eigenvalue weighted by atomic mass is 14.1. The minimum absolute atomic E-state index is 1.09. The fraction of sp³-hybridized carbons (Fsp3) is 0.200. The Morgan fingerprint density at radius 3 is 2.20 bits per heavy atom. The monoisotopic (exact) mass is 196 g/mol. The van der Waals surface area contributed by atoms with Gasteiger partial charge in [0.15, 0.2) is 0 Å². The minimum Gasteiger partial charge on any atom is -0.0620 e. The van der Waals surface area contributed by atoms with Crippen molar-refractivity contribution < 1.29 is 0 Å². The number of benzene rings is 2. The van der Waals surface area contributed by atoms with Crippen LogP contribution in [0.4, 0.5) is 0 Å². The highest BCUT2D eigenvalue weighted by Gasteiger charge is 2.01. The lowest BCUT2D eigenvalue weighted by atomic mass is 9.97. The summed E-state index contributed by atoms with van der Waals surface area (Å²) in [6, 6.07) is 17.3. The lowest BCUT2D eigenvalue weighted by Crippen LogP contribution is -1.86. The average molecular weight is 196 g/mol. The van der Waals surface area contributed by atoms with E-state index in [1.165, 1.54) is 22.3 Å². The van der Waals surface area contributed by atoms with Crippen LogP contribution in [-0.2, 0) is 6.42 Å². The molecule has 0 nitrogen and oxygen atoms in total. The van der Waals surface area contributed by atoms with Crippen molar-refractivity contribution in [3.63, 3.8) is 0 Å². The highest BCUT2D eigenvalue weighted by Crippen LogP contribution is 2.24. The molecule has 0 radical (unpaired) electrons. The summed E-state index contributed by atoms with van der Waals surface area (Å²) in [7, 11) is 0. The van der Waals surface area contributed by atoms with E-state index in [2.05, 4.69) is 62.4 Å². The molecule has 0 unspecified atom stereocenters. The highest BCUT2D eigenvalue weighted by molar-refractivity contribution is 5.67. The molecule has 0 spiro atoms. The van der Waals surface area contributed by atoms with Gasteiger partial charge in [-0.3, -0.25) is 0 Å². The van der Waals surface area contributed by atoms with Crippen molar-refractivity contribution >= 4 is 0 Å². The molecule has 0 amide bonds. The summed E-state index contributed by atoms with van der Waals surface area (Å²) >= 11 is 0. The maximum absolute atomic E-state index is 2.20. The molecule has 0 bridgehead atoms. The molecule has 2 rings (SSSR count). The van der Waals surface area contributed by atoms with Crippen molar-refractivity contribution in [2.24, 2.45) is 0 Å². The summed E-state index contributed by atoms with van der Waals surface area (Å²) in [5, 5.41) is 0. The molecule has 2 aromatic rings. The normalized spacial score (nSPS) is 10.3. The fourth-order valence-electron chi connectivity index (χ4n) is 1.84. The second kappa shape index (κ2) is 4.31. The van der Waals surface area contributed by atoms with E-state index in [1.54, 1.807) is 0 Å². The Labute approximate surface area is 91.6 Å². The SMILES string of the molecule is CCc1ccccc1-c1ccc(C)cc1. The van der Waals surface area contributed by atoms with E-state index in [1.807, 2.05) is 0 Å². The Bertz CT molecular complexity index is 438. The molecule has 0 aliphatic carbocycles. The first-order valence-electron chi connectivity index (χ1n) is 5.46. The Morgan fingerprint density at radius 1 is 0.867 bits per heavy atom. The molecule has 0 atom stereocenters. The summed E-state index contributed by atoms with van der Waals surface area (Å²) in [6.45, 7) is 4.32. The fourth-order valence-corrected chi connectivity index (χ4v) is 1.84. The van der Waals surface area contributed by atoms with E-state index < -0.39 is 0 Å². The van der Waals surface area contributed by atoms with Gasteiger partial charge in [0.25, 0.3) is 0 Å². The first-order chi connectivity index (χ1) is 7.31. The van der Waals surface area contributed by atoms with Crippen molar-refractivity contribution in [2.75, 3.05) is 0 Å². The topological polar surface area (TPSA) is 0 Å². The van der Waals surface area contributed by atoms with Gasteiger partial charge in [0, 0.05) is 0 Å². The first kappa shape index (κ1) is 9.97. The molecule has 0 aliphatic rings. The molecule has 2 aromatic carbocycles. The van der Waals surface area contributed by atoms with E-state index in [0.717, 1.165) is 6.42 Å². The molecular formula is C15H16. The van der Waals surface area contributed by atoms with E-state index >= 15 is 0 Å². The van der Waals surface area contributed by atoms with Crippen molar-refractivity contribution in [2.45, 2.75) is 20.3 Å². The summed E-state index contributed by atoms with van der Waals surface area (Å²) in [4.78, 5) is 0. The molecule has 0 saturated carbocycles. The second-order valence-corrected chi connectivity index (χ2v) is 3.88. The molecule has 0 aromatic heterocycles. The number of rotatable bonds is 2. The van der Waals surface area contributed by atoms with Gasteiger partial charge in [0.1, 0.15) is 0 Å². The third kappa shape index (κ3) is 2.10. The molecular weight excluding hydrogens is 180 g/mol. The zero-order valence-corrected chi connectivity index (χ0v) is 9.33. The largest absolute Gasteiger partial charge is 0.0620 e. The first-order valence-corrected chi connectivity index (χ1v) is 5.46. The summed E-state index contributed by atoms with van der Waals surface area (Å²) in [5.41, 5.74) is 5.41. The zero-order chi connectivity index (χ0) is 10.7. The Balaban J connectivity index is 2.49. The third-order valence-corrected chi connectivity index (χ3v) is 2.76. The predicted molar refractivity (Wildman–Crippen MR) is 66.0 cm³/mol. The van der Waals surface area contributed by atoms with Crippen LogP contribution >= 0.6 is 0 Å². The van der Waals surface area contributed by atoms with Crippen LogP contribution in [0.3, 0.4) is 0 Å². The maximum Gasteiger partial charge on any atom is -0.0152 e. The molecule has 0 heterocycles. The van der Waals surface area contributed by atoms with Crippen LogP contribution in [0.25, 0.3) is 11.1 Å². The summed E-state index contributed by atoms with van der Waals surface area (Å²) < 4.78 is 0. The van der Waals surface area contributed by atoms with Gasteiger partial charge < -0.3 is 0 Å².